The number of carbonyl (C=O) groups is 3. The van der Waals surface area contributed by atoms with Crippen LogP contribution in [0.5, 0.6) is 0 Å². The maximum absolute atomic E-state index is 12.9. The standard InChI is InChI=1S/C23H22ClN3O4/c1-3-14-6-4-5-13(2)20(14)25-18(28)11-27-17-12-31-22(29)19(17)21(26-23(27)30)15-7-9-16(24)10-8-15/h4-10,21H,3,11-12H2,1-2H3,(H,25,28)(H,26,30)/t21-/m1/s1. The molecule has 160 valence electrons. The third-order valence-corrected chi connectivity index (χ3v) is 5.76. The van der Waals surface area contributed by atoms with E-state index in [4.69, 9.17) is 16.3 Å². The number of para-hydroxylation sites is 1. The van der Waals surface area contributed by atoms with Gasteiger partial charge in [0.05, 0.1) is 17.3 Å². The number of nitrogens with zero attached hydrogens (tertiary/aromatic N) is 1. The lowest BCUT2D eigenvalue weighted by Gasteiger charge is -2.32. The maximum Gasteiger partial charge on any atom is 0.338 e. The smallest absolute Gasteiger partial charge is 0.338 e. The molecular weight excluding hydrogens is 418 g/mol. The summed E-state index contributed by atoms with van der Waals surface area (Å²) in [6.45, 7) is 3.65. The molecule has 0 bridgehead atoms. The molecule has 0 radical (unpaired) electrons. The van der Waals surface area contributed by atoms with E-state index in [1.807, 2.05) is 32.0 Å². The zero-order valence-corrected chi connectivity index (χ0v) is 18.0. The Morgan fingerprint density at radius 3 is 2.68 bits per heavy atom. The van der Waals surface area contributed by atoms with Crippen molar-refractivity contribution in [3.05, 3.63) is 75.4 Å². The molecule has 2 aromatic rings. The van der Waals surface area contributed by atoms with Crippen molar-refractivity contribution in [3.8, 4) is 0 Å². The van der Waals surface area contributed by atoms with Crippen LogP contribution in [0.4, 0.5) is 10.5 Å². The summed E-state index contributed by atoms with van der Waals surface area (Å²) in [6, 6.07) is 11.6. The Kier molecular flexibility index (Phi) is 5.69. The number of hydrogen-bond donors (Lipinski definition) is 2. The number of halogens is 1. The Morgan fingerprint density at radius 1 is 1.23 bits per heavy atom. The summed E-state index contributed by atoms with van der Waals surface area (Å²) in [6.07, 6.45) is 0.766. The molecule has 2 N–H and O–H groups in total. The molecule has 4 rings (SSSR count). The minimum Gasteiger partial charge on any atom is -0.456 e. The normalized spacial score (nSPS) is 17.9. The first kappa shape index (κ1) is 20.9. The van der Waals surface area contributed by atoms with Gasteiger partial charge in [-0.15, -0.1) is 0 Å². The summed E-state index contributed by atoms with van der Waals surface area (Å²) in [4.78, 5) is 39.4. The van der Waals surface area contributed by atoms with Crippen LogP contribution in [0.25, 0.3) is 0 Å². The molecule has 31 heavy (non-hydrogen) atoms. The maximum atomic E-state index is 12.9. The Labute approximate surface area is 185 Å². The van der Waals surface area contributed by atoms with Gasteiger partial charge in [-0.3, -0.25) is 9.69 Å². The highest BCUT2D eigenvalue weighted by Crippen LogP contribution is 2.35. The number of nitrogens with one attached hydrogen (secondary N) is 2. The average molecular weight is 440 g/mol. The van der Waals surface area contributed by atoms with E-state index in [1.165, 1.54) is 4.90 Å². The van der Waals surface area contributed by atoms with Gasteiger partial charge in [-0.1, -0.05) is 48.9 Å². The van der Waals surface area contributed by atoms with E-state index >= 15 is 0 Å². The van der Waals surface area contributed by atoms with E-state index in [0.29, 0.717) is 21.9 Å². The predicted molar refractivity (Wildman–Crippen MR) is 117 cm³/mol. The number of amides is 3. The Balaban J connectivity index is 1.60. The zero-order valence-electron chi connectivity index (χ0n) is 17.2. The van der Waals surface area contributed by atoms with Gasteiger partial charge in [0.2, 0.25) is 5.91 Å². The lowest BCUT2D eigenvalue weighted by Crippen LogP contribution is -2.49. The molecule has 0 spiro atoms. The molecule has 7 nitrogen and oxygen atoms in total. The van der Waals surface area contributed by atoms with Gasteiger partial charge in [0.15, 0.2) is 0 Å². The zero-order chi connectivity index (χ0) is 22.1. The quantitative estimate of drug-likeness (QED) is 0.695. The van der Waals surface area contributed by atoms with Crippen molar-refractivity contribution < 1.29 is 19.1 Å². The van der Waals surface area contributed by atoms with Gasteiger partial charge in [0, 0.05) is 10.7 Å². The van der Waals surface area contributed by atoms with Gasteiger partial charge in [-0.2, -0.15) is 0 Å². The summed E-state index contributed by atoms with van der Waals surface area (Å²) in [5.74, 6) is -0.858. The van der Waals surface area contributed by atoms with Gasteiger partial charge >= 0.3 is 12.0 Å². The molecule has 2 aliphatic heterocycles. The number of hydrogen-bond acceptors (Lipinski definition) is 4. The molecule has 0 saturated heterocycles. The van der Waals surface area contributed by atoms with E-state index in [9.17, 15) is 14.4 Å². The molecule has 2 heterocycles. The van der Waals surface area contributed by atoms with Crippen LogP contribution in [-0.4, -0.2) is 36.0 Å². The van der Waals surface area contributed by atoms with E-state index in [0.717, 1.165) is 23.2 Å². The minimum atomic E-state index is -0.655. The summed E-state index contributed by atoms with van der Waals surface area (Å²) >= 11 is 5.96. The summed E-state index contributed by atoms with van der Waals surface area (Å²) in [5, 5.41) is 6.28. The van der Waals surface area contributed by atoms with Crippen LogP contribution >= 0.6 is 11.6 Å². The van der Waals surface area contributed by atoms with Crippen molar-refractivity contribution >= 4 is 35.2 Å². The molecule has 1 atom stereocenters. The summed E-state index contributed by atoms with van der Waals surface area (Å²) in [7, 11) is 0. The van der Waals surface area contributed by atoms with Crippen LogP contribution in [0.3, 0.4) is 0 Å². The van der Waals surface area contributed by atoms with Gasteiger partial charge in [-0.05, 0) is 42.2 Å². The van der Waals surface area contributed by atoms with Crippen LogP contribution in [0.1, 0.15) is 29.7 Å². The van der Waals surface area contributed by atoms with Crippen LogP contribution in [0.15, 0.2) is 53.7 Å². The molecule has 2 aliphatic rings. The SMILES string of the molecule is CCc1cccc(C)c1NC(=O)CN1C(=O)N[C@H](c2ccc(Cl)cc2)C2=C1COC2=O. The molecule has 8 heteroatoms. The Morgan fingerprint density at radius 2 is 1.97 bits per heavy atom. The number of carbonyl (C=O) groups excluding carboxylic acids is 3. The molecule has 0 aliphatic carbocycles. The number of anilines is 1. The van der Waals surface area contributed by atoms with Gasteiger partial charge in [0.25, 0.3) is 0 Å². The molecule has 3 amide bonds. The van der Waals surface area contributed by atoms with Gasteiger partial charge in [0.1, 0.15) is 13.2 Å². The fourth-order valence-corrected chi connectivity index (χ4v) is 4.03. The fraction of sp³-hybridized carbons (Fsp3) is 0.261. The molecule has 2 aromatic carbocycles. The molecule has 0 saturated carbocycles. The largest absolute Gasteiger partial charge is 0.456 e. The molecule has 0 unspecified atom stereocenters. The first-order valence-corrected chi connectivity index (χ1v) is 10.4. The van der Waals surface area contributed by atoms with Crippen LogP contribution < -0.4 is 10.6 Å². The second-order valence-electron chi connectivity index (χ2n) is 7.47. The third kappa shape index (κ3) is 4.01. The van der Waals surface area contributed by atoms with Gasteiger partial charge < -0.3 is 15.4 Å². The number of benzene rings is 2. The Hall–Kier alpha value is -3.32. The number of cyclic esters (lactones) is 1. The van der Waals surface area contributed by atoms with E-state index in [1.54, 1.807) is 24.3 Å². The number of ether oxygens (including phenoxy) is 1. The molecule has 0 fully saturated rings. The molecule has 0 aromatic heterocycles. The lowest BCUT2D eigenvalue weighted by molar-refractivity contribution is -0.136. The minimum absolute atomic E-state index is 0.0521. The highest BCUT2D eigenvalue weighted by atomic mass is 35.5. The van der Waals surface area contributed by atoms with E-state index in [-0.39, 0.29) is 19.1 Å². The molecular formula is C23H22ClN3O4. The first-order valence-electron chi connectivity index (χ1n) is 10.0. The average Bonchev–Trinajstić information content (AvgIpc) is 3.13. The third-order valence-electron chi connectivity index (χ3n) is 5.51. The Bertz CT molecular complexity index is 1090. The van der Waals surface area contributed by atoms with Crippen molar-refractivity contribution in [1.29, 1.82) is 0 Å². The van der Waals surface area contributed by atoms with E-state index in [2.05, 4.69) is 10.6 Å². The highest BCUT2D eigenvalue weighted by Gasteiger charge is 2.42. The lowest BCUT2D eigenvalue weighted by atomic mass is 9.96. The van der Waals surface area contributed by atoms with Crippen LogP contribution in [0.2, 0.25) is 5.02 Å². The number of urea groups is 1. The number of rotatable bonds is 5. The van der Waals surface area contributed by atoms with Crippen molar-refractivity contribution in [1.82, 2.24) is 10.2 Å². The topological polar surface area (TPSA) is 87.7 Å². The second-order valence-corrected chi connectivity index (χ2v) is 7.90. The van der Waals surface area contributed by atoms with Crippen molar-refractivity contribution in [3.63, 3.8) is 0 Å². The van der Waals surface area contributed by atoms with Crippen molar-refractivity contribution in [2.75, 3.05) is 18.5 Å². The van der Waals surface area contributed by atoms with Gasteiger partial charge in [-0.25, -0.2) is 9.59 Å². The number of aryl methyl sites for hydroxylation is 2. The van der Waals surface area contributed by atoms with E-state index < -0.39 is 18.0 Å². The number of esters is 1. The van der Waals surface area contributed by atoms with Crippen molar-refractivity contribution in [2.45, 2.75) is 26.3 Å². The van der Waals surface area contributed by atoms with Crippen LogP contribution in [-0.2, 0) is 20.7 Å². The second kappa shape index (κ2) is 8.43. The van der Waals surface area contributed by atoms with Crippen molar-refractivity contribution in [2.24, 2.45) is 0 Å². The monoisotopic (exact) mass is 439 g/mol. The summed E-state index contributed by atoms with van der Waals surface area (Å²) in [5.41, 5.74) is 4.15. The predicted octanol–water partition coefficient (Wildman–Crippen LogP) is 3.73. The highest BCUT2D eigenvalue weighted by molar-refractivity contribution is 6.30. The van der Waals surface area contributed by atoms with Crippen LogP contribution in [0, 0.1) is 6.92 Å². The fourth-order valence-electron chi connectivity index (χ4n) is 3.91. The first-order chi connectivity index (χ1) is 14.9. The summed E-state index contributed by atoms with van der Waals surface area (Å²) < 4.78 is 5.20.